The number of benzene rings is 1. The summed E-state index contributed by atoms with van der Waals surface area (Å²) in [5, 5.41) is 3.21. The summed E-state index contributed by atoms with van der Waals surface area (Å²) in [6.07, 6.45) is 0.457. The van der Waals surface area contributed by atoms with Gasteiger partial charge in [0.2, 0.25) is 0 Å². The van der Waals surface area contributed by atoms with Crippen LogP contribution in [0.1, 0.15) is 30.8 Å². The highest BCUT2D eigenvalue weighted by atomic mass is 32.2. The minimum Gasteiger partial charge on any atom is -0.368 e. The van der Waals surface area contributed by atoms with Gasteiger partial charge in [-0.15, -0.1) is 0 Å². The second-order valence-electron chi connectivity index (χ2n) is 7.10. The van der Waals surface area contributed by atoms with E-state index in [1.54, 1.807) is 13.1 Å². The molecule has 2 aromatic rings. The SMILES string of the molecule is CC(C)Nc1cc(C(=O)N(C)C2CCS(=O)(=O)C2)nc(-c2ccccc2)n1. The van der Waals surface area contributed by atoms with Gasteiger partial charge in [-0.2, -0.15) is 0 Å². The Labute approximate surface area is 159 Å². The topological polar surface area (TPSA) is 92.3 Å². The van der Waals surface area contributed by atoms with Crippen molar-refractivity contribution in [1.29, 1.82) is 0 Å². The largest absolute Gasteiger partial charge is 0.368 e. The van der Waals surface area contributed by atoms with Crippen LogP contribution in [0.25, 0.3) is 11.4 Å². The van der Waals surface area contributed by atoms with E-state index in [0.29, 0.717) is 18.1 Å². The number of hydrogen-bond donors (Lipinski definition) is 1. The normalized spacial score (nSPS) is 18.4. The highest BCUT2D eigenvalue weighted by molar-refractivity contribution is 7.91. The van der Waals surface area contributed by atoms with Crippen LogP contribution in [0.3, 0.4) is 0 Å². The van der Waals surface area contributed by atoms with Crippen LogP contribution >= 0.6 is 0 Å². The predicted octanol–water partition coefficient (Wildman–Crippen LogP) is 2.22. The number of sulfone groups is 1. The van der Waals surface area contributed by atoms with Gasteiger partial charge in [-0.25, -0.2) is 18.4 Å². The molecule has 0 aliphatic carbocycles. The first-order chi connectivity index (χ1) is 12.7. The number of hydrogen-bond acceptors (Lipinski definition) is 6. The Balaban J connectivity index is 1.94. The van der Waals surface area contributed by atoms with Gasteiger partial charge in [0.1, 0.15) is 11.5 Å². The quantitative estimate of drug-likeness (QED) is 0.844. The number of amides is 1. The van der Waals surface area contributed by atoms with Crippen molar-refractivity contribution in [1.82, 2.24) is 14.9 Å². The standard InChI is InChI=1S/C19H24N4O3S/c1-13(2)20-17-11-16(21-18(22-17)14-7-5-4-6-8-14)19(24)23(3)15-9-10-27(25,26)12-15/h4-8,11,13,15H,9-10,12H2,1-3H3,(H,20,21,22). The summed E-state index contributed by atoms with van der Waals surface area (Å²) < 4.78 is 23.5. The van der Waals surface area contributed by atoms with Crippen LogP contribution in [0.15, 0.2) is 36.4 Å². The molecule has 0 saturated carbocycles. The maximum Gasteiger partial charge on any atom is 0.272 e. The Morgan fingerprint density at radius 1 is 1.22 bits per heavy atom. The first-order valence-corrected chi connectivity index (χ1v) is 10.8. The maximum absolute atomic E-state index is 13.0. The van der Waals surface area contributed by atoms with E-state index in [2.05, 4.69) is 15.3 Å². The number of anilines is 1. The summed E-state index contributed by atoms with van der Waals surface area (Å²) in [4.78, 5) is 23.4. The number of rotatable bonds is 5. The first-order valence-electron chi connectivity index (χ1n) is 8.94. The van der Waals surface area contributed by atoms with E-state index in [9.17, 15) is 13.2 Å². The van der Waals surface area contributed by atoms with Crippen molar-refractivity contribution in [3.8, 4) is 11.4 Å². The monoisotopic (exact) mass is 388 g/mol. The fourth-order valence-electron chi connectivity index (χ4n) is 3.07. The minimum absolute atomic E-state index is 0.00294. The van der Waals surface area contributed by atoms with Gasteiger partial charge in [0, 0.05) is 30.8 Å². The molecule has 0 bridgehead atoms. The van der Waals surface area contributed by atoms with Crippen LogP contribution in [0.2, 0.25) is 0 Å². The minimum atomic E-state index is -3.07. The Morgan fingerprint density at radius 2 is 1.93 bits per heavy atom. The molecule has 1 N–H and O–H groups in total. The van der Waals surface area contributed by atoms with Crippen LogP contribution in [-0.2, 0) is 9.84 Å². The van der Waals surface area contributed by atoms with Gasteiger partial charge in [-0.1, -0.05) is 30.3 Å². The van der Waals surface area contributed by atoms with Gasteiger partial charge in [-0.05, 0) is 20.3 Å². The molecular weight excluding hydrogens is 364 g/mol. The van der Waals surface area contributed by atoms with Gasteiger partial charge < -0.3 is 10.2 Å². The third-order valence-corrected chi connectivity index (χ3v) is 6.24. The molecule has 144 valence electrons. The van der Waals surface area contributed by atoms with E-state index in [4.69, 9.17) is 0 Å². The average molecular weight is 388 g/mol. The molecule has 7 nitrogen and oxygen atoms in total. The fourth-order valence-corrected chi connectivity index (χ4v) is 4.84. The Morgan fingerprint density at radius 3 is 2.52 bits per heavy atom. The third kappa shape index (κ3) is 4.63. The molecule has 2 heterocycles. The van der Waals surface area contributed by atoms with Crippen molar-refractivity contribution in [2.45, 2.75) is 32.4 Å². The van der Waals surface area contributed by atoms with Gasteiger partial charge in [-0.3, -0.25) is 4.79 Å². The molecule has 1 aromatic carbocycles. The second-order valence-corrected chi connectivity index (χ2v) is 9.33. The zero-order valence-corrected chi connectivity index (χ0v) is 16.5. The van der Waals surface area contributed by atoms with Crippen LogP contribution in [0, 0.1) is 0 Å². The molecule has 1 aromatic heterocycles. The zero-order chi connectivity index (χ0) is 19.6. The molecule has 1 unspecified atom stereocenters. The Kier molecular flexibility index (Phi) is 5.46. The summed E-state index contributed by atoms with van der Waals surface area (Å²) in [5.74, 6) is 0.840. The maximum atomic E-state index is 13.0. The van der Waals surface area contributed by atoms with E-state index in [-0.39, 0.29) is 35.2 Å². The smallest absolute Gasteiger partial charge is 0.272 e. The van der Waals surface area contributed by atoms with Crippen molar-refractivity contribution >= 4 is 21.6 Å². The summed E-state index contributed by atoms with van der Waals surface area (Å²) in [6.45, 7) is 3.97. The van der Waals surface area contributed by atoms with E-state index < -0.39 is 9.84 Å². The van der Waals surface area contributed by atoms with Crippen LogP contribution in [0.5, 0.6) is 0 Å². The van der Waals surface area contributed by atoms with Crippen LogP contribution in [0.4, 0.5) is 5.82 Å². The van der Waals surface area contributed by atoms with Crippen molar-refractivity contribution in [3.05, 3.63) is 42.1 Å². The zero-order valence-electron chi connectivity index (χ0n) is 15.7. The van der Waals surface area contributed by atoms with Crippen molar-refractivity contribution in [2.75, 3.05) is 23.9 Å². The summed E-state index contributed by atoms with van der Waals surface area (Å²) in [7, 11) is -1.44. The first kappa shape index (κ1) is 19.3. The third-order valence-electron chi connectivity index (χ3n) is 4.49. The molecule has 1 amide bonds. The number of aromatic nitrogens is 2. The molecule has 1 aliphatic heterocycles. The molecular formula is C19H24N4O3S. The van der Waals surface area contributed by atoms with E-state index >= 15 is 0 Å². The number of carbonyl (C=O) groups excluding carboxylic acids is 1. The highest BCUT2D eigenvalue weighted by Gasteiger charge is 2.33. The van der Waals surface area contributed by atoms with Crippen LogP contribution in [-0.4, -0.2) is 59.8 Å². The predicted molar refractivity (Wildman–Crippen MR) is 105 cm³/mol. The second kappa shape index (κ2) is 7.64. The average Bonchev–Trinajstić information content (AvgIpc) is 3.00. The molecule has 27 heavy (non-hydrogen) atoms. The lowest BCUT2D eigenvalue weighted by Crippen LogP contribution is -2.38. The molecule has 1 atom stereocenters. The number of nitrogens with one attached hydrogen (secondary N) is 1. The fraction of sp³-hybridized carbons (Fsp3) is 0.421. The van der Waals surface area contributed by atoms with E-state index in [0.717, 1.165) is 5.56 Å². The van der Waals surface area contributed by atoms with Crippen molar-refractivity contribution in [3.63, 3.8) is 0 Å². The number of nitrogens with zero attached hydrogens (tertiary/aromatic N) is 3. The van der Waals surface area contributed by atoms with Crippen LogP contribution < -0.4 is 5.32 Å². The summed E-state index contributed by atoms with van der Waals surface area (Å²) >= 11 is 0. The van der Waals surface area contributed by atoms with Crippen molar-refractivity contribution < 1.29 is 13.2 Å². The highest BCUT2D eigenvalue weighted by Crippen LogP contribution is 2.22. The lowest BCUT2D eigenvalue weighted by atomic mass is 10.2. The molecule has 3 rings (SSSR count). The van der Waals surface area contributed by atoms with E-state index in [1.165, 1.54) is 4.90 Å². The Bertz CT molecular complexity index is 929. The summed E-state index contributed by atoms with van der Waals surface area (Å²) in [5.41, 5.74) is 1.06. The lowest BCUT2D eigenvalue weighted by Gasteiger charge is -2.23. The molecule has 8 heteroatoms. The van der Waals surface area contributed by atoms with Gasteiger partial charge in [0.15, 0.2) is 15.7 Å². The molecule has 0 spiro atoms. The van der Waals surface area contributed by atoms with Gasteiger partial charge in [0.25, 0.3) is 5.91 Å². The van der Waals surface area contributed by atoms with Gasteiger partial charge >= 0.3 is 0 Å². The molecule has 0 radical (unpaired) electrons. The summed E-state index contributed by atoms with van der Waals surface area (Å²) in [6, 6.07) is 10.9. The molecule has 1 saturated heterocycles. The molecule has 1 aliphatic rings. The lowest BCUT2D eigenvalue weighted by molar-refractivity contribution is 0.0741. The van der Waals surface area contributed by atoms with Crippen molar-refractivity contribution in [2.24, 2.45) is 0 Å². The Hall–Kier alpha value is -2.48. The van der Waals surface area contributed by atoms with E-state index in [1.807, 2.05) is 44.2 Å². The van der Waals surface area contributed by atoms with Gasteiger partial charge in [0.05, 0.1) is 11.5 Å². The molecule has 1 fully saturated rings. The number of carbonyl (C=O) groups is 1.